The maximum Gasteiger partial charge on any atom is 0.237 e. The average molecular weight is 257 g/mol. The zero-order chi connectivity index (χ0) is 14.0. The van der Waals surface area contributed by atoms with Crippen LogP contribution in [0.25, 0.3) is 0 Å². The molecule has 0 fully saturated rings. The molecule has 18 heavy (non-hydrogen) atoms. The van der Waals surface area contributed by atoms with E-state index < -0.39 is 0 Å². The Kier molecular flexibility index (Phi) is 9.98. The molecule has 0 saturated heterocycles. The number of carbonyl (C=O) groups excluding carboxylic acids is 1. The topological polar surface area (TPSA) is 44.4 Å². The van der Waals surface area contributed by atoms with E-state index in [1.54, 1.807) is 0 Å². The minimum atomic E-state index is -0.111. The highest BCUT2D eigenvalue weighted by atomic mass is 16.2. The standard InChI is InChI=1S/C14H31N3O/c1-6-9-12(4)16-14(18)13(5)15-10-11-17(7-2)8-3/h12-13,15H,6-11H2,1-5H3,(H,16,18). The summed E-state index contributed by atoms with van der Waals surface area (Å²) in [5.74, 6) is 0.107. The Morgan fingerprint density at radius 2 is 1.78 bits per heavy atom. The molecule has 1 amide bonds. The van der Waals surface area contributed by atoms with Crippen LogP contribution in [-0.2, 0) is 4.79 Å². The summed E-state index contributed by atoms with van der Waals surface area (Å²) in [6.07, 6.45) is 2.14. The lowest BCUT2D eigenvalue weighted by Crippen LogP contribution is -2.47. The molecule has 0 aliphatic rings. The Labute approximate surface area is 113 Å². The van der Waals surface area contributed by atoms with Gasteiger partial charge in [0.05, 0.1) is 6.04 Å². The molecule has 0 aromatic carbocycles. The maximum atomic E-state index is 11.9. The van der Waals surface area contributed by atoms with Gasteiger partial charge in [0.2, 0.25) is 5.91 Å². The van der Waals surface area contributed by atoms with E-state index >= 15 is 0 Å². The Bertz CT molecular complexity index is 217. The van der Waals surface area contributed by atoms with Gasteiger partial charge in [-0.15, -0.1) is 0 Å². The first-order chi connectivity index (χ1) is 8.54. The first-order valence-corrected chi connectivity index (χ1v) is 7.31. The van der Waals surface area contributed by atoms with Crippen molar-refractivity contribution in [3.8, 4) is 0 Å². The lowest BCUT2D eigenvalue weighted by Gasteiger charge is -2.21. The van der Waals surface area contributed by atoms with Crippen LogP contribution in [0.4, 0.5) is 0 Å². The van der Waals surface area contributed by atoms with Gasteiger partial charge in [-0.2, -0.15) is 0 Å². The van der Waals surface area contributed by atoms with Crippen molar-refractivity contribution in [3.63, 3.8) is 0 Å². The van der Waals surface area contributed by atoms with Crippen molar-refractivity contribution in [1.29, 1.82) is 0 Å². The number of nitrogens with zero attached hydrogens (tertiary/aromatic N) is 1. The summed E-state index contributed by atoms with van der Waals surface area (Å²) in [6.45, 7) is 14.4. The van der Waals surface area contributed by atoms with Crippen molar-refractivity contribution in [2.75, 3.05) is 26.2 Å². The molecule has 4 heteroatoms. The number of hydrogen-bond donors (Lipinski definition) is 2. The van der Waals surface area contributed by atoms with Crippen molar-refractivity contribution < 1.29 is 4.79 Å². The van der Waals surface area contributed by atoms with E-state index in [1.807, 2.05) is 6.92 Å². The van der Waals surface area contributed by atoms with Crippen LogP contribution >= 0.6 is 0 Å². The largest absolute Gasteiger partial charge is 0.352 e. The van der Waals surface area contributed by atoms with E-state index in [0.29, 0.717) is 0 Å². The van der Waals surface area contributed by atoms with Crippen LogP contribution in [0.5, 0.6) is 0 Å². The fourth-order valence-corrected chi connectivity index (χ4v) is 1.94. The minimum Gasteiger partial charge on any atom is -0.352 e. The fraction of sp³-hybridized carbons (Fsp3) is 0.929. The third kappa shape index (κ3) is 7.67. The fourth-order valence-electron chi connectivity index (χ4n) is 1.94. The summed E-state index contributed by atoms with van der Waals surface area (Å²) >= 11 is 0. The van der Waals surface area contributed by atoms with Crippen LogP contribution in [0.1, 0.15) is 47.5 Å². The Morgan fingerprint density at radius 3 is 2.28 bits per heavy atom. The van der Waals surface area contributed by atoms with Crippen molar-refractivity contribution in [1.82, 2.24) is 15.5 Å². The van der Waals surface area contributed by atoms with Crippen LogP contribution in [-0.4, -0.2) is 49.1 Å². The van der Waals surface area contributed by atoms with Gasteiger partial charge in [0, 0.05) is 19.1 Å². The van der Waals surface area contributed by atoms with Crippen LogP contribution in [0.2, 0.25) is 0 Å². The van der Waals surface area contributed by atoms with Crippen molar-refractivity contribution in [2.24, 2.45) is 0 Å². The number of nitrogens with one attached hydrogen (secondary N) is 2. The second-order valence-electron chi connectivity index (χ2n) is 4.90. The molecule has 0 heterocycles. The third-order valence-electron chi connectivity index (χ3n) is 3.28. The van der Waals surface area contributed by atoms with Crippen LogP contribution < -0.4 is 10.6 Å². The second kappa shape index (κ2) is 10.3. The molecule has 2 N–H and O–H groups in total. The summed E-state index contributed by atoms with van der Waals surface area (Å²) in [5, 5.41) is 6.31. The quantitative estimate of drug-likeness (QED) is 0.625. The first-order valence-electron chi connectivity index (χ1n) is 7.31. The molecular weight excluding hydrogens is 226 g/mol. The van der Waals surface area contributed by atoms with Gasteiger partial charge in [0.1, 0.15) is 0 Å². The average Bonchev–Trinajstić information content (AvgIpc) is 2.34. The lowest BCUT2D eigenvalue weighted by atomic mass is 10.2. The molecule has 0 spiro atoms. The predicted molar refractivity (Wildman–Crippen MR) is 77.8 cm³/mol. The Hall–Kier alpha value is -0.610. The number of amides is 1. The summed E-state index contributed by atoms with van der Waals surface area (Å²) in [7, 11) is 0. The van der Waals surface area contributed by atoms with Gasteiger partial charge in [-0.25, -0.2) is 0 Å². The van der Waals surface area contributed by atoms with Crippen LogP contribution in [0.15, 0.2) is 0 Å². The van der Waals surface area contributed by atoms with Crippen molar-refractivity contribution >= 4 is 5.91 Å². The molecule has 0 rings (SSSR count). The molecule has 0 aromatic rings. The van der Waals surface area contributed by atoms with E-state index in [9.17, 15) is 4.79 Å². The van der Waals surface area contributed by atoms with Crippen molar-refractivity contribution in [2.45, 2.75) is 59.5 Å². The summed E-state index contributed by atoms with van der Waals surface area (Å²) in [5.41, 5.74) is 0. The molecule has 2 unspecified atom stereocenters. The highest BCUT2D eigenvalue weighted by Crippen LogP contribution is 1.95. The van der Waals surface area contributed by atoms with Gasteiger partial charge in [0.15, 0.2) is 0 Å². The number of carbonyl (C=O) groups is 1. The van der Waals surface area contributed by atoms with Gasteiger partial charge in [-0.1, -0.05) is 27.2 Å². The minimum absolute atomic E-state index is 0.107. The van der Waals surface area contributed by atoms with Gasteiger partial charge in [0.25, 0.3) is 0 Å². The smallest absolute Gasteiger partial charge is 0.237 e. The van der Waals surface area contributed by atoms with E-state index in [4.69, 9.17) is 0 Å². The molecule has 0 saturated carbocycles. The number of hydrogen-bond acceptors (Lipinski definition) is 3. The van der Waals surface area contributed by atoms with Crippen molar-refractivity contribution in [3.05, 3.63) is 0 Å². The molecule has 0 radical (unpaired) electrons. The van der Waals surface area contributed by atoms with E-state index in [2.05, 4.69) is 43.2 Å². The molecular formula is C14H31N3O. The highest BCUT2D eigenvalue weighted by Gasteiger charge is 2.14. The molecule has 4 nitrogen and oxygen atoms in total. The second-order valence-corrected chi connectivity index (χ2v) is 4.90. The lowest BCUT2D eigenvalue weighted by molar-refractivity contribution is -0.123. The summed E-state index contributed by atoms with van der Waals surface area (Å²) < 4.78 is 0. The Balaban J connectivity index is 3.80. The maximum absolute atomic E-state index is 11.9. The Morgan fingerprint density at radius 1 is 1.17 bits per heavy atom. The van der Waals surface area contributed by atoms with Gasteiger partial charge in [-0.3, -0.25) is 4.79 Å². The van der Waals surface area contributed by atoms with E-state index in [1.165, 1.54) is 0 Å². The van der Waals surface area contributed by atoms with Gasteiger partial charge in [-0.05, 0) is 33.4 Å². The predicted octanol–water partition coefficient (Wildman–Crippen LogP) is 1.61. The highest BCUT2D eigenvalue weighted by molar-refractivity contribution is 5.81. The number of likely N-dealkylation sites (N-methyl/N-ethyl adjacent to an activating group) is 1. The molecule has 108 valence electrons. The zero-order valence-electron chi connectivity index (χ0n) is 12.8. The summed E-state index contributed by atoms with van der Waals surface area (Å²) in [6, 6.07) is 0.161. The molecule has 0 bridgehead atoms. The van der Waals surface area contributed by atoms with E-state index in [-0.39, 0.29) is 18.0 Å². The molecule has 0 aliphatic carbocycles. The monoisotopic (exact) mass is 257 g/mol. The molecule has 0 aromatic heterocycles. The normalized spacial score (nSPS) is 14.6. The molecule has 0 aliphatic heterocycles. The van der Waals surface area contributed by atoms with Gasteiger partial charge < -0.3 is 15.5 Å². The number of rotatable bonds is 10. The molecule has 2 atom stereocenters. The van der Waals surface area contributed by atoms with Crippen LogP contribution in [0.3, 0.4) is 0 Å². The van der Waals surface area contributed by atoms with Gasteiger partial charge >= 0.3 is 0 Å². The van der Waals surface area contributed by atoms with Crippen LogP contribution in [0, 0.1) is 0 Å². The summed E-state index contributed by atoms with van der Waals surface area (Å²) in [4.78, 5) is 14.2. The first kappa shape index (κ1) is 17.4. The SMILES string of the molecule is CCCC(C)NC(=O)C(C)NCCN(CC)CC. The van der Waals surface area contributed by atoms with E-state index in [0.717, 1.165) is 39.0 Å². The third-order valence-corrected chi connectivity index (χ3v) is 3.28. The zero-order valence-corrected chi connectivity index (χ0v) is 12.8.